The molecule has 102 valence electrons. The number of nitrogens with two attached hydrogens (primary N) is 1. The fourth-order valence-electron chi connectivity index (χ4n) is 1.64. The Bertz CT molecular complexity index is 482. The highest BCUT2D eigenvalue weighted by atomic mass is 35.5. The molecule has 0 fully saturated rings. The van der Waals surface area contributed by atoms with E-state index in [4.69, 9.17) is 17.3 Å². The van der Waals surface area contributed by atoms with Gasteiger partial charge in [0.25, 0.3) is 0 Å². The maximum atomic E-state index is 12.7. The average molecular weight is 289 g/mol. The van der Waals surface area contributed by atoms with Crippen molar-refractivity contribution in [1.82, 2.24) is 0 Å². The van der Waals surface area contributed by atoms with Crippen molar-refractivity contribution in [2.45, 2.75) is 25.5 Å². The predicted molar refractivity (Wildman–Crippen MR) is 79.4 cm³/mol. The van der Waals surface area contributed by atoms with Crippen molar-refractivity contribution in [3.63, 3.8) is 0 Å². The second kappa shape index (κ2) is 7.77. The summed E-state index contributed by atoms with van der Waals surface area (Å²) in [6, 6.07) is 7.44. The molecule has 0 amide bonds. The second-order valence-corrected chi connectivity index (χ2v) is 7.18. The molecule has 0 bridgehead atoms. The number of nitrogens with zero attached hydrogens (tertiary/aromatic N) is 1. The molecule has 3 nitrogen and oxygen atoms in total. The minimum Gasteiger partial charge on any atom is -0.330 e. The van der Waals surface area contributed by atoms with Crippen molar-refractivity contribution in [2.75, 3.05) is 18.8 Å². The molecule has 0 spiro atoms. The zero-order chi connectivity index (χ0) is 13.4. The van der Waals surface area contributed by atoms with Crippen LogP contribution in [0.2, 0.25) is 5.02 Å². The van der Waals surface area contributed by atoms with Crippen LogP contribution in [0.4, 0.5) is 0 Å². The van der Waals surface area contributed by atoms with E-state index >= 15 is 0 Å². The molecule has 0 saturated heterocycles. The summed E-state index contributed by atoms with van der Waals surface area (Å²) in [5.41, 5.74) is 6.50. The number of hydrogen-bond acceptors (Lipinski definition) is 3. The molecule has 18 heavy (non-hydrogen) atoms. The van der Waals surface area contributed by atoms with Crippen LogP contribution in [-0.4, -0.2) is 23.1 Å². The summed E-state index contributed by atoms with van der Waals surface area (Å²) in [7, 11) is -2.24. The van der Waals surface area contributed by atoms with Gasteiger partial charge in [-0.05, 0) is 24.1 Å². The van der Waals surface area contributed by atoms with Crippen LogP contribution in [0.5, 0.6) is 0 Å². The standard InChI is InChI=1S/C13H21ClN2OS/c1-2-3-8-16-18(17,9-7-15)11-12-5-4-6-13(14)10-12/h4-6,10H,2-3,7-9,11,15H2,1H3. The topological polar surface area (TPSA) is 55.5 Å². The summed E-state index contributed by atoms with van der Waals surface area (Å²) in [6.07, 6.45) is 2.02. The Labute approximate surface area is 115 Å². The molecule has 0 aliphatic rings. The van der Waals surface area contributed by atoms with Crippen molar-refractivity contribution < 1.29 is 4.21 Å². The largest absolute Gasteiger partial charge is 0.330 e. The van der Waals surface area contributed by atoms with Crippen molar-refractivity contribution >= 4 is 21.3 Å². The number of hydrogen-bond donors (Lipinski definition) is 1. The molecule has 0 aliphatic heterocycles. The van der Waals surface area contributed by atoms with Gasteiger partial charge in [-0.2, -0.15) is 0 Å². The summed E-state index contributed by atoms with van der Waals surface area (Å²) in [4.78, 5) is 0. The van der Waals surface area contributed by atoms with Crippen LogP contribution >= 0.6 is 11.6 Å². The highest BCUT2D eigenvalue weighted by molar-refractivity contribution is 7.92. The van der Waals surface area contributed by atoms with E-state index in [9.17, 15) is 4.21 Å². The molecule has 2 N–H and O–H groups in total. The first-order chi connectivity index (χ1) is 8.59. The van der Waals surface area contributed by atoms with E-state index in [0.717, 1.165) is 18.4 Å². The quantitative estimate of drug-likeness (QED) is 0.784. The highest BCUT2D eigenvalue weighted by Gasteiger charge is 2.09. The normalized spacial score (nSPS) is 14.2. The van der Waals surface area contributed by atoms with Crippen LogP contribution in [0.1, 0.15) is 25.3 Å². The van der Waals surface area contributed by atoms with Crippen molar-refractivity contribution in [1.29, 1.82) is 0 Å². The van der Waals surface area contributed by atoms with Gasteiger partial charge in [-0.15, -0.1) is 0 Å². The van der Waals surface area contributed by atoms with Gasteiger partial charge in [-0.1, -0.05) is 37.1 Å². The molecule has 1 aromatic carbocycles. The first-order valence-electron chi connectivity index (χ1n) is 6.22. The van der Waals surface area contributed by atoms with Crippen LogP contribution in [0.15, 0.2) is 28.6 Å². The van der Waals surface area contributed by atoms with Crippen molar-refractivity contribution in [2.24, 2.45) is 10.1 Å². The number of unbranched alkanes of at least 4 members (excludes halogenated alkanes) is 1. The van der Waals surface area contributed by atoms with Gasteiger partial charge in [-0.25, -0.2) is 8.57 Å². The third kappa shape index (κ3) is 5.38. The lowest BCUT2D eigenvalue weighted by molar-refractivity contribution is 0.671. The zero-order valence-corrected chi connectivity index (χ0v) is 12.3. The molecular weight excluding hydrogens is 268 g/mol. The van der Waals surface area contributed by atoms with Crippen LogP contribution < -0.4 is 5.73 Å². The van der Waals surface area contributed by atoms with Crippen molar-refractivity contribution in [3.8, 4) is 0 Å². The molecular formula is C13H21ClN2OS. The maximum absolute atomic E-state index is 12.7. The van der Waals surface area contributed by atoms with E-state index in [0.29, 0.717) is 29.6 Å². The van der Waals surface area contributed by atoms with Gasteiger partial charge in [0, 0.05) is 23.9 Å². The van der Waals surface area contributed by atoms with E-state index in [2.05, 4.69) is 11.3 Å². The minimum atomic E-state index is -2.24. The summed E-state index contributed by atoms with van der Waals surface area (Å²) < 4.78 is 17.0. The molecule has 0 radical (unpaired) electrons. The van der Waals surface area contributed by atoms with Gasteiger partial charge in [0.05, 0.1) is 15.5 Å². The smallest absolute Gasteiger partial charge is 0.0569 e. The highest BCUT2D eigenvalue weighted by Crippen LogP contribution is 2.15. The Morgan fingerprint density at radius 3 is 2.83 bits per heavy atom. The lowest BCUT2D eigenvalue weighted by Gasteiger charge is -2.09. The van der Waals surface area contributed by atoms with Crippen LogP contribution in [0.3, 0.4) is 0 Å². The van der Waals surface area contributed by atoms with Gasteiger partial charge in [0.1, 0.15) is 0 Å². The summed E-state index contributed by atoms with van der Waals surface area (Å²) in [6.45, 7) is 3.14. The fraction of sp³-hybridized carbons (Fsp3) is 0.538. The van der Waals surface area contributed by atoms with E-state index in [-0.39, 0.29) is 0 Å². The molecule has 0 aliphatic carbocycles. The Balaban J connectivity index is 2.85. The Morgan fingerprint density at radius 1 is 1.44 bits per heavy atom. The van der Waals surface area contributed by atoms with Crippen LogP contribution in [0.25, 0.3) is 0 Å². The fourth-order valence-corrected chi connectivity index (χ4v) is 3.75. The third-order valence-electron chi connectivity index (χ3n) is 2.56. The van der Waals surface area contributed by atoms with Crippen LogP contribution in [0, 0.1) is 0 Å². The van der Waals surface area contributed by atoms with E-state index in [1.54, 1.807) is 0 Å². The molecule has 5 heteroatoms. The molecule has 0 aromatic heterocycles. The van der Waals surface area contributed by atoms with E-state index in [1.165, 1.54) is 0 Å². The third-order valence-corrected chi connectivity index (χ3v) is 5.10. The summed E-state index contributed by atoms with van der Waals surface area (Å²) >= 11 is 5.93. The van der Waals surface area contributed by atoms with E-state index < -0.39 is 9.73 Å². The van der Waals surface area contributed by atoms with Gasteiger partial charge < -0.3 is 5.73 Å². The van der Waals surface area contributed by atoms with Crippen LogP contribution in [-0.2, 0) is 15.5 Å². The average Bonchev–Trinajstić information content (AvgIpc) is 2.29. The first-order valence-corrected chi connectivity index (χ1v) is 8.45. The van der Waals surface area contributed by atoms with E-state index in [1.807, 2.05) is 24.3 Å². The van der Waals surface area contributed by atoms with Gasteiger partial charge in [-0.3, -0.25) is 0 Å². The van der Waals surface area contributed by atoms with Crippen molar-refractivity contribution in [3.05, 3.63) is 34.9 Å². The first kappa shape index (κ1) is 15.5. The summed E-state index contributed by atoms with van der Waals surface area (Å²) in [5.74, 6) is 0.887. The molecule has 1 aromatic rings. The molecule has 1 rings (SSSR count). The Hall–Kier alpha value is -0.580. The molecule has 0 heterocycles. The predicted octanol–water partition coefficient (Wildman–Crippen LogP) is 3.07. The van der Waals surface area contributed by atoms with Gasteiger partial charge >= 0.3 is 0 Å². The van der Waals surface area contributed by atoms with Gasteiger partial charge in [0.2, 0.25) is 0 Å². The number of rotatable bonds is 7. The molecule has 0 saturated carbocycles. The minimum absolute atomic E-state index is 0.398. The second-order valence-electron chi connectivity index (χ2n) is 4.25. The molecule has 1 unspecified atom stereocenters. The number of halogens is 1. The number of benzene rings is 1. The van der Waals surface area contributed by atoms with Gasteiger partial charge in [0.15, 0.2) is 0 Å². The SMILES string of the molecule is CCCCN=S(=O)(CCN)Cc1cccc(Cl)c1. The zero-order valence-electron chi connectivity index (χ0n) is 10.8. The lowest BCUT2D eigenvalue weighted by Crippen LogP contribution is -2.17. The molecule has 1 atom stereocenters. The lowest BCUT2D eigenvalue weighted by atomic mass is 10.2. The Morgan fingerprint density at radius 2 is 2.22 bits per heavy atom. The monoisotopic (exact) mass is 288 g/mol. The summed E-state index contributed by atoms with van der Waals surface area (Å²) in [5, 5.41) is 0.663. The maximum Gasteiger partial charge on any atom is 0.0569 e. The Kier molecular flexibility index (Phi) is 6.68.